The average molecular weight is 272 g/mol. The van der Waals surface area contributed by atoms with Gasteiger partial charge in [0.1, 0.15) is 0 Å². The molecule has 0 spiro atoms. The lowest BCUT2D eigenvalue weighted by Gasteiger charge is -2.30. The van der Waals surface area contributed by atoms with Crippen molar-refractivity contribution in [3.63, 3.8) is 0 Å². The van der Waals surface area contributed by atoms with E-state index in [2.05, 4.69) is 19.2 Å². The van der Waals surface area contributed by atoms with E-state index in [4.69, 9.17) is 11.6 Å². The first-order chi connectivity index (χ1) is 8.52. The zero-order valence-corrected chi connectivity index (χ0v) is 12.5. The van der Waals surface area contributed by atoms with Crippen LogP contribution in [0.15, 0.2) is 0 Å². The summed E-state index contributed by atoms with van der Waals surface area (Å²) < 4.78 is 0. The van der Waals surface area contributed by atoms with Gasteiger partial charge in [0.2, 0.25) is 5.91 Å². The molecule has 0 aromatic carbocycles. The number of carbonyl (C=O) groups is 1. The molecule has 2 fully saturated rings. The summed E-state index contributed by atoms with van der Waals surface area (Å²) in [5, 5.41) is 3.20. The summed E-state index contributed by atoms with van der Waals surface area (Å²) in [4.78, 5) is 12.5. The van der Waals surface area contributed by atoms with Gasteiger partial charge in [-0.05, 0) is 38.0 Å². The third-order valence-corrected chi connectivity index (χ3v) is 5.27. The van der Waals surface area contributed by atoms with Gasteiger partial charge in [0.05, 0.1) is 0 Å². The van der Waals surface area contributed by atoms with Crippen molar-refractivity contribution >= 4 is 17.5 Å². The number of nitrogens with one attached hydrogen (secondary N) is 1. The SMILES string of the molecule is CC(C)CC1(C(=O)NCC2(CCl)CC2)CCCC1. The number of alkyl halides is 1. The van der Waals surface area contributed by atoms with Crippen LogP contribution in [-0.4, -0.2) is 18.3 Å². The molecule has 18 heavy (non-hydrogen) atoms. The van der Waals surface area contributed by atoms with Crippen molar-refractivity contribution < 1.29 is 4.79 Å². The fraction of sp³-hybridized carbons (Fsp3) is 0.933. The molecule has 0 radical (unpaired) electrons. The number of hydrogen-bond acceptors (Lipinski definition) is 1. The van der Waals surface area contributed by atoms with Gasteiger partial charge in [-0.2, -0.15) is 0 Å². The minimum Gasteiger partial charge on any atom is -0.355 e. The third kappa shape index (κ3) is 3.01. The number of hydrogen-bond donors (Lipinski definition) is 1. The summed E-state index contributed by atoms with van der Waals surface area (Å²) in [5.41, 5.74) is 0.158. The zero-order chi connectivity index (χ0) is 13.2. The maximum atomic E-state index is 12.5. The Bertz CT molecular complexity index is 304. The van der Waals surface area contributed by atoms with Gasteiger partial charge in [0, 0.05) is 23.3 Å². The lowest BCUT2D eigenvalue weighted by molar-refractivity contribution is -0.132. The molecular weight excluding hydrogens is 246 g/mol. The number of halogens is 1. The molecule has 2 aliphatic rings. The van der Waals surface area contributed by atoms with Crippen LogP contribution < -0.4 is 5.32 Å². The van der Waals surface area contributed by atoms with Crippen LogP contribution in [0, 0.1) is 16.7 Å². The molecule has 0 unspecified atom stereocenters. The summed E-state index contributed by atoms with van der Waals surface area (Å²) >= 11 is 5.97. The van der Waals surface area contributed by atoms with Crippen molar-refractivity contribution in [2.75, 3.05) is 12.4 Å². The molecule has 0 aromatic rings. The van der Waals surface area contributed by atoms with Gasteiger partial charge in [-0.3, -0.25) is 4.79 Å². The van der Waals surface area contributed by atoms with Gasteiger partial charge >= 0.3 is 0 Å². The molecular formula is C15H26ClNO. The van der Waals surface area contributed by atoms with Crippen LogP contribution in [0.2, 0.25) is 0 Å². The molecule has 0 saturated heterocycles. The highest BCUT2D eigenvalue weighted by molar-refractivity contribution is 6.18. The topological polar surface area (TPSA) is 29.1 Å². The predicted octanol–water partition coefficient (Wildman–Crippen LogP) is 3.73. The summed E-state index contributed by atoms with van der Waals surface area (Å²) in [6.07, 6.45) is 7.95. The molecule has 0 heterocycles. The molecule has 0 bridgehead atoms. The van der Waals surface area contributed by atoms with Crippen molar-refractivity contribution in [1.29, 1.82) is 0 Å². The number of amides is 1. The Morgan fingerprint density at radius 1 is 1.22 bits per heavy atom. The maximum absolute atomic E-state index is 12.5. The van der Waals surface area contributed by atoms with E-state index in [1.807, 2.05) is 0 Å². The zero-order valence-electron chi connectivity index (χ0n) is 11.7. The third-order valence-electron chi connectivity index (χ3n) is 4.71. The molecule has 1 amide bonds. The maximum Gasteiger partial charge on any atom is 0.226 e. The van der Waals surface area contributed by atoms with E-state index < -0.39 is 0 Å². The second-order valence-electron chi connectivity index (χ2n) is 6.90. The quantitative estimate of drug-likeness (QED) is 0.733. The Balaban J connectivity index is 1.92. The predicted molar refractivity (Wildman–Crippen MR) is 75.8 cm³/mol. The molecule has 104 valence electrons. The fourth-order valence-corrected chi connectivity index (χ4v) is 3.71. The molecule has 2 rings (SSSR count). The first-order valence-corrected chi connectivity index (χ1v) is 7.90. The summed E-state index contributed by atoms with van der Waals surface area (Å²) in [5.74, 6) is 1.58. The van der Waals surface area contributed by atoms with Crippen molar-refractivity contribution in [2.45, 2.75) is 58.8 Å². The van der Waals surface area contributed by atoms with Gasteiger partial charge < -0.3 is 5.32 Å². The Kier molecular flexibility index (Phi) is 4.25. The molecule has 2 aliphatic carbocycles. The van der Waals surface area contributed by atoms with Crippen molar-refractivity contribution in [2.24, 2.45) is 16.7 Å². The van der Waals surface area contributed by atoms with E-state index in [1.54, 1.807) is 0 Å². The highest BCUT2D eigenvalue weighted by atomic mass is 35.5. The van der Waals surface area contributed by atoms with Crippen LogP contribution >= 0.6 is 11.6 Å². The number of carbonyl (C=O) groups excluding carboxylic acids is 1. The van der Waals surface area contributed by atoms with Gasteiger partial charge in [-0.15, -0.1) is 11.6 Å². The van der Waals surface area contributed by atoms with Gasteiger partial charge in [0.15, 0.2) is 0 Å². The second-order valence-corrected chi connectivity index (χ2v) is 7.17. The van der Waals surface area contributed by atoms with Crippen molar-refractivity contribution in [1.82, 2.24) is 5.32 Å². The monoisotopic (exact) mass is 271 g/mol. The van der Waals surface area contributed by atoms with E-state index in [0.717, 1.165) is 25.8 Å². The van der Waals surface area contributed by atoms with Crippen LogP contribution in [0.25, 0.3) is 0 Å². The normalized spacial score (nSPS) is 24.2. The van der Waals surface area contributed by atoms with E-state index in [9.17, 15) is 4.79 Å². The summed E-state index contributed by atoms with van der Waals surface area (Å²) in [6, 6.07) is 0. The highest BCUT2D eigenvalue weighted by Crippen LogP contribution is 2.47. The van der Waals surface area contributed by atoms with Crippen LogP contribution in [0.3, 0.4) is 0 Å². The van der Waals surface area contributed by atoms with Gasteiger partial charge in [0.25, 0.3) is 0 Å². The minimum atomic E-state index is -0.0729. The lowest BCUT2D eigenvalue weighted by Crippen LogP contribution is -2.42. The van der Waals surface area contributed by atoms with Crippen LogP contribution in [0.4, 0.5) is 0 Å². The molecule has 0 aliphatic heterocycles. The highest BCUT2D eigenvalue weighted by Gasteiger charge is 2.45. The first kappa shape index (κ1) is 14.2. The number of rotatable bonds is 6. The van der Waals surface area contributed by atoms with E-state index >= 15 is 0 Å². The first-order valence-electron chi connectivity index (χ1n) is 7.36. The Labute approximate surface area is 116 Å². The smallest absolute Gasteiger partial charge is 0.226 e. The van der Waals surface area contributed by atoms with Crippen LogP contribution in [0.1, 0.15) is 58.8 Å². The van der Waals surface area contributed by atoms with E-state index in [-0.39, 0.29) is 10.8 Å². The van der Waals surface area contributed by atoms with E-state index in [0.29, 0.717) is 17.7 Å². The molecule has 0 aromatic heterocycles. The van der Waals surface area contributed by atoms with Gasteiger partial charge in [-0.1, -0.05) is 26.7 Å². The van der Waals surface area contributed by atoms with Crippen LogP contribution in [0.5, 0.6) is 0 Å². The largest absolute Gasteiger partial charge is 0.355 e. The average Bonchev–Trinajstić information content (AvgIpc) is 2.98. The molecule has 0 atom stereocenters. The summed E-state index contributed by atoms with van der Waals surface area (Å²) in [6.45, 7) is 5.22. The molecule has 2 nitrogen and oxygen atoms in total. The lowest BCUT2D eigenvalue weighted by atomic mass is 9.77. The Morgan fingerprint density at radius 2 is 1.83 bits per heavy atom. The molecule has 1 N–H and O–H groups in total. The second kappa shape index (κ2) is 5.40. The standard InChI is InChI=1S/C15H26ClNO/c1-12(2)9-15(5-3-4-6-15)13(18)17-11-14(10-16)7-8-14/h12H,3-11H2,1-2H3,(H,17,18). The Hall–Kier alpha value is -0.240. The van der Waals surface area contributed by atoms with Crippen LogP contribution in [-0.2, 0) is 4.79 Å². The van der Waals surface area contributed by atoms with E-state index in [1.165, 1.54) is 25.7 Å². The van der Waals surface area contributed by atoms with Crippen molar-refractivity contribution in [3.8, 4) is 0 Å². The molecule has 2 saturated carbocycles. The van der Waals surface area contributed by atoms with Crippen molar-refractivity contribution in [3.05, 3.63) is 0 Å². The molecule has 3 heteroatoms. The summed E-state index contributed by atoms with van der Waals surface area (Å²) in [7, 11) is 0. The Morgan fingerprint density at radius 3 is 2.28 bits per heavy atom. The van der Waals surface area contributed by atoms with Gasteiger partial charge in [-0.25, -0.2) is 0 Å². The minimum absolute atomic E-state index is 0.0729. The fourth-order valence-electron chi connectivity index (χ4n) is 3.35.